The highest BCUT2D eigenvalue weighted by molar-refractivity contribution is 5.77. The third-order valence-electron chi connectivity index (χ3n) is 2.62. The van der Waals surface area contributed by atoms with Crippen molar-refractivity contribution in [3.8, 4) is 0 Å². The number of aryl methyl sites for hydroxylation is 2. The van der Waals surface area contributed by atoms with E-state index in [0.29, 0.717) is 13.2 Å². The zero-order chi connectivity index (χ0) is 12.3. The molecule has 0 fully saturated rings. The Morgan fingerprint density at radius 2 is 2.18 bits per heavy atom. The van der Waals surface area contributed by atoms with Gasteiger partial charge in [-0.3, -0.25) is 0 Å². The Morgan fingerprint density at radius 1 is 1.35 bits per heavy atom. The molecule has 92 valence electrons. The fraction of sp³-hybridized carbons (Fsp3) is 0.462. The van der Waals surface area contributed by atoms with Crippen molar-refractivity contribution in [2.45, 2.75) is 20.4 Å². The number of rotatable bonds is 5. The molecular formula is C13H18N2O2. The normalized spacial score (nSPS) is 11.2. The van der Waals surface area contributed by atoms with Crippen LogP contribution in [-0.2, 0) is 11.3 Å². The van der Waals surface area contributed by atoms with Gasteiger partial charge in [-0.2, -0.15) is 0 Å². The Labute approximate surface area is 101 Å². The van der Waals surface area contributed by atoms with Gasteiger partial charge in [0.05, 0.1) is 13.2 Å². The summed E-state index contributed by atoms with van der Waals surface area (Å²) in [6.07, 6.45) is 0. The molecule has 0 spiro atoms. The highest BCUT2D eigenvalue weighted by Crippen LogP contribution is 2.21. The fourth-order valence-electron chi connectivity index (χ4n) is 1.87. The Morgan fingerprint density at radius 3 is 2.94 bits per heavy atom. The van der Waals surface area contributed by atoms with Crippen LogP contribution in [0.1, 0.15) is 17.0 Å². The number of benzene rings is 1. The number of hydrogen-bond acceptors (Lipinski definition) is 4. The lowest BCUT2D eigenvalue weighted by atomic mass is 10.1. The fourth-order valence-corrected chi connectivity index (χ4v) is 1.87. The van der Waals surface area contributed by atoms with E-state index in [0.717, 1.165) is 29.1 Å². The summed E-state index contributed by atoms with van der Waals surface area (Å²) in [5, 5.41) is 3.22. The van der Waals surface area contributed by atoms with Crippen molar-refractivity contribution in [3.05, 3.63) is 29.2 Å². The predicted octanol–water partition coefficient (Wildman–Crippen LogP) is 2.18. The third-order valence-corrected chi connectivity index (χ3v) is 2.62. The van der Waals surface area contributed by atoms with Gasteiger partial charge in [-0.25, -0.2) is 4.98 Å². The first kappa shape index (κ1) is 12.1. The molecule has 0 bridgehead atoms. The molecule has 0 amide bonds. The molecule has 1 N–H and O–H groups in total. The largest absolute Gasteiger partial charge is 0.439 e. The van der Waals surface area contributed by atoms with Crippen molar-refractivity contribution >= 4 is 11.1 Å². The number of fused-ring (bicyclic) bond motifs is 1. The van der Waals surface area contributed by atoms with E-state index in [4.69, 9.17) is 9.15 Å². The summed E-state index contributed by atoms with van der Waals surface area (Å²) in [5.41, 5.74) is 4.17. The second-order valence-corrected chi connectivity index (χ2v) is 4.21. The van der Waals surface area contributed by atoms with E-state index in [1.165, 1.54) is 5.56 Å². The van der Waals surface area contributed by atoms with Gasteiger partial charge in [0.25, 0.3) is 0 Å². The number of ether oxygens (including phenoxy) is 1. The molecule has 17 heavy (non-hydrogen) atoms. The summed E-state index contributed by atoms with van der Waals surface area (Å²) in [6, 6.07) is 4.15. The van der Waals surface area contributed by atoms with Crippen molar-refractivity contribution in [2.75, 3.05) is 20.3 Å². The molecule has 0 radical (unpaired) electrons. The topological polar surface area (TPSA) is 47.3 Å². The van der Waals surface area contributed by atoms with Crippen LogP contribution >= 0.6 is 0 Å². The second-order valence-electron chi connectivity index (χ2n) is 4.21. The molecular weight excluding hydrogens is 216 g/mol. The van der Waals surface area contributed by atoms with E-state index in [1.807, 2.05) is 13.0 Å². The lowest BCUT2D eigenvalue weighted by Crippen LogP contribution is -2.18. The molecule has 4 nitrogen and oxygen atoms in total. The summed E-state index contributed by atoms with van der Waals surface area (Å²) >= 11 is 0. The summed E-state index contributed by atoms with van der Waals surface area (Å²) in [4.78, 5) is 4.46. The highest BCUT2D eigenvalue weighted by atomic mass is 16.5. The summed E-state index contributed by atoms with van der Waals surface area (Å²) < 4.78 is 10.7. The van der Waals surface area contributed by atoms with Gasteiger partial charge in [0.1, 0.15) is 5.52 Å². The number of oxazole rings is 1. The first-order chi connectivity index (χ1) is 8.20. The zero-order valence-electron chi connectivity index (χ0n) is 10.5. The number of aromatic nitrogens is 1. The van der Waals surface area contributed by atoms with Gasteiger partial charge in [0.2, 0.25) is 5.89 Å². The van der Waals surface area contributed by atoms with Crippen LogP contribution in [0, 0.1) is 13.8 Å². The first-order valence-corrected chi connectivity index (χ1v) is 5.77. The Kier molecular flexibility index (Phi) is 3.76. The SMILES string of the molecule is COCCNCc1nc2cc(C)cc(C)c2o1. The first-order valence-electron chi connectivity index (χ1n) is 5.77. The summed E-state index contributed by atoms with van der Waals surface area (Å²) in [5.74, 6) is 0.727. The van der Waals surface area contributed by atoms with Crippen molar-refractivity contribution in [2.24, 2.45) is 0 Å². The van der Waals surface area contributed by atoms with Crippen LogP contribution in [0.2, 0.25) is 0 Å². The standard InChI is InChI=1S/C13H18N2O2/c1-9-6-10(2)13-11(7-9)15-12(17-13)8-14-4-5-16-3/h6-7,14H,4-5,8H2,1-3H3. The Bertz CT molecular complexity index is 505. The molecule has 0 atom stereocenters. The summed E-state index contributed by atoms with van der Waals surface area (Å²) in [6.45, 7) is 6.24. The molecule has 2 aromatic rings. The van der Waals surface area contributed by atoms with Crippen LogP contribution in [0.15, 0.2) is 16.5 Å². The van der Waals surface area contributed by atoms with Gasteiger partial charge in [0, 0.05) is 13.7 Å². The van der Waals surface area contributed by atoms with E-state index in [-0.39, 0.29) is 0 Å². The molecule has 0 aliphatic heterocycles. The minimum atomic E-state index is 0.635. The second kappa shape index (κ2) is 5.29. The van der Waals surface area contributed by atoms with E-state index in [2.05, 4.69) is 23.3 Å². The van der Waals surface area contributed by atoms with Gasteiger partial charge in [0.15, 0.2) is 5.58 Å². The maximum atomic E-state index is 5.72. The number of methoxy groups -OCH3 is 1. The van der Waals surface area contributed by atoms with E-state index in [1.54, 1.807) is 7.11 Å². The average molecular weight is 234 g/mol. The van der Waals surface area contributed by atoms with E-state index < -0.39 is 0 Å². The Balaban J connectivity index is 2.12. The van der Waals surface area contributed by atoms with Crippen molar-refractivity contribution in [3.63, 3.8) is 0 Å². The summed E-state index contributed by atoms with van der Waals surface area (Å²) in [7, 11) is 1.69. The van der Waals surface area contributed by atoms with Crippen molar-refractivity contribution in [1.29, 1.82) is 0 Å². The number of nitrogens with one attached hydrogen (secondary N) is 1. The predicted molar refractivity (Wildman–Crippen MR) is 67.1 cm³/mol. The number of hydrogen-bond donors (Lipinski definition) is 1. The maximum Gasteiger partial charge on any atom is 0.209 e. The zero-order valence-corrected chi connectivity index (χ0v) is 10.5. The van der Waals surface area contributed by atoms with Crippen LogP contribution in [0.5, 0.6) is 0 Å². The van der Waals surface area contributed by atoms with Gasteiger partial charge in [-0.15, -0.1) is 0 Å². The van der Waals surface area contributed by atoms with E-state index in [9.17, 15) is 0 Å². The van der Waals surface area contributed by atoms with Crippen LogP contribution in [-0.4, -0.2) is 25.2 Å². The molecule has 1 aromatic heterocycles. The minimum Gasteiger partial charge on any atom is -0.439 e. The van der Waals surface area contributed by atoms with Crippen molar-refractivity contribution in [1.82, 2.24) is 10.3 Å². The van der Waals surface area contributed by atoms with Gasteiger partial charge in [-0.1, -0.05) is 6.07 Å². The lowest BCUT2D eigenvalue weighted by Gasteiger charge is -1.99. The molecule has 2 rings (SSSR count). The molecule has 0 aliphatic rings. The molecule has 0 saturated carbocycles. The molecule has 4 heteroatoms. The van der Waals surface area contributed by atoms with Crippen LogP contribution < -0.4 is 5.32 Å². The third kappa shape index (κ3) is 2.84. The molecule has 0 aliphatic carbocycles. The highest BCUT2D eigenvalue weighted by Gasteiger charge is 2.08. The smallest absolute Gasteiger partial charge is 0.209 e. The number of nitrogens with zero attached hydrogens (tertiary/aromatic N) is 1. The van der Waals surface area contributed by atoms with Gasteiger partial charge < -0.3 is 14.5 Å². The van der Waals surface area contributed by atoms with Gasteiger partial charge >= 0.3 is 0 Å². The Hall–Kier alpha value is -1.39. The van der Waals surface area contributed by atoms with Crippen LogP contribution in [0.4, 0.5) is 0 Å². The molecule has 1 aromatic carbocycles. The van der Waals surface area contributed by atoms with E-state index >= 15 is 0 Å². The van der Waals surface area contributed by atoms with Crippen molar-refractivity contribution < 1.29 is 9.15 Å². The molecule has 0 saturated heterocycles. The molecule has 1 heterocycles. The van der Waals surface area contributed by atoms with Crippen LogP contribution in [0.3, 0.4) is 0 Å². The van der Waals surface area contributed by atoms with Gasteiger partial charge in [-0.05, 0) is 31.0 Å². The maximum absolute atomic E-state index is 5.72. The monoisotopic (exact) mass is 234 g/mol. The lowest BCUT2D eigenvalue weighted by molar-refractivity contribution is 0.198. The van der Waals surface area contributed by atoms with Crippen LogP contribution in [0.25, 0.3) is 11.1 Å². The quantitative estimate of drug-likeness (QED) is 0.805. The minimum absolute atomic E-state index is 0.635. The molecule has 0 unspecified atom stereocenters. The average Bonchev–Trinajstić information content (AvgIpc) is 2.67.